The minimum Gasteiger partial charge on any atom is -0.485 e. The van der Waals surface area contributed by atoms with Crippen molar-refractivity contribution >= 4 is 22.9 Å². The van der Waals surface area contributed by atoms with E-state index >= 15 is 0 Å². The third-order valence-electron chi connectivity index (χ3n) is 5.04. The van der Waals surface area contributed by atoms with Crippen LogP contribution in [0.25, 0.3) is 5.57 Å². The summed E-state index contributed by atoms with van der Waals surface area (Å²) in [6, 6.07) is 28.4. The van der Waals surface area contributed by atoms with Crippen LogP contribution in [0.5, 0.6) is 5.75 Å². The molecule has 144 valence electrons. The average Bonchev–Trinajstić information content (AvgIpc) is 2.75. The number of nitrogens with zero attached hydrogens (tertiary/aromatic N) is 2. The Morgan fingerprint density at radius 1 is 0.966 bits per heavy atom. The van der Waals surface area contributed by atoms with Crippen molar-refractivity contribution in [3.05, 3.63) is 101 Å². The van der Waals surface area contributed by atoms with Gasteiger partial charge in [0.05, 0.1) is 17.5 Å². The number of benzene rings is 3. The van der Waals surface area contributed by atoms with Gasteiger partial charge < -0.3 is 9.64 Å². The second kappa shape index (κ2) is 7.66. The Morgan fingerprint density at radius 2 is 1.55 bits per heavy atom. The van der Waals surface area contributed by atoms with Gasteiger partial charge in [0.15, 0.2) is 0 Å². The fraction of sp³-hybridized carbons (Fsp3) is 0.160. The molecule has 0 spiro atoms. The summed E-state index contributed by atoms with van der Waals surface area (Å²) in [5.74, 6) is 0.724. The lowest BCUT2D eigenvalue weighted by Gasteiger charge is -2.42. The van der Waals surface area contributed by atoms with Gasteiger partial charge in [-0.2, -0.15) is 5.26 Å². The van der Waals surface area contributed by atoms with Crippen LogP contribution in [0.3, 0.4) is 0 Å². The van der Waals surface area contributed by atoms with Gasteiger partial charge in [-0.05, 0) is 43.2 Å². The summed E-state index contributed by atoms with van der Waals surface area (Å²) < 4.78 is 6.12. The van der Waals surface area contributed by atoms with Gasteiger partial charge in [0, 0.05) is 10.6 Å². The quantitative estimate of drug-likeness (QED) is 0.517. The molecule has 0 amide bonds. The van der Waals surface area contributed by atoms with E-state index in [1.165, 1.54) is 0 Å². The number of rotatable bonds is 3. The maximum atomic E-state index is 9.99. The maximum Gasteiger partial charge on any atom is 0.143 e. The summed E-state index contributed by atoms with van der Waals surface area (Å²) in [7, 11) is 0. The van der Waals surface area contributed by atoms with E-state index in [2.05, 4.69) is 35.2 Å². The van der Waals surface area contributed by atoms with E-state index in [-0.39, 0.29) is 0 Å². The minimum absolute atomic E-state index is 0.360. The van der Waals surface area contributed by atoms with Crippen LogP contribution in [0.15, 0.2) is 84.6 Å². The van der Waals surface area contributed by atoms with Crippen molar-refractivity contribution in [3.63, 3.8) is 0 Å². The zero-order valence-corrected chi connectivity index (χ0v) is 17.1. The summed E-state index contributed by atoms with van der Waals surface area (Å²) in [5, 5.41) is 10.6. The highest BCUT2D eigenvalue weighted by molar-refractivity contribution is 6.31. The van der Waals surface area contributed by atoms with Gasteiger partial charge in [-0.15, -0.1) is 0 Å². The van der Waals surface area contributed by atoms with Crippen LogP contribution in [0.4, 0.5) is 5.69 Å². The van der Waals surface area contributed by atoms with Crippen LogP contribution < -0.4 is 9.64 Å². The molecule has 0 aromatic heterocycles. The molecular formula is C25H21ClN2O. The van der Waals surface area contributed by atoms with Crippen LogP contribution in [-0.2, 0) is 0 Å². The third-order valence-corrected chi connectivity index (χ3v) is 5.28. The lowest BCUT2D eigenvalue weighted by molar-refractivity contribution is 0.326. The number of hydrogen-bond donors (Lipinski definition) is 0. The van der Waals surface area contributed by atoms with E-state index in [9.17, 15) is 5.26 Å². The van der Waals surface area contributed by atoms with E-state index in [1.54, 1.807) is 0 Å². The fourth-order valence-corrected chi connectivity index (χ4v) is 3.89. The first kappa shape index (κ1) is 19.1. The van der Waals surface area contributed by atoms with Crippen LogP contribution in [0.2, 0.25) is 5.02 Å². The van der Waals surface area contributed by atoms with Gasteiger partial charge in [-0.1, -0.05) is 72.3 Å². The third kappa shape index (κ3) is 3.60. The summed E-state index contributed by atoms with van der Waals surface area (Å²) in [4.78, 5) is 2.06. The molecular weight excluding hydrogens is 380 g/mol. The van der Waals surface area contributed by atoms with E-state index < -0.39 is 5.54 Å². The second-order valence-corrected chi connectivity index (χ2v) is 7.90. The number of halogens is 1. The van der Waals surface area contributed by atoms with Crippen LogP contribution in [0.1, 0.15) is 25.0 Å². The fourth-order valence-electron chi connectivity index (χ4n) is 3.73. The Bertz CT molecular complexity index is 1060. The van der Waals surface area contributed by atoms with Gasteiger partial charge >= 0.3 is 0 Å². The topological polar surface area (TPSA) is 36.3 Å². The van der Waals surface area contributed by atoms with Crippen molar-refractivity contribution in [1.29, 1.82) is 5.26 Å². The number of hydrogen-bond acceptors (Lipinski definition) is 3. The first-order valence-electron chi connectivity index (χ1n) is 9.49. The Balaban J connectivity index is 2.05. The average molecular weight is 401 g/mol. The van der Waals surface area contributed by atoms with E-state index in [1.807, 2.05) is 68.4 Å². The lowest BCUT2D eigenvalue weighted by Crippen LogP contribution is -2.46. The second-order valence-electron chi connectivity index (χ2n) is 7.46. The van der Waals surface area contributed by atoms with Crippen LogP contribution >= 0.6 is 11.6 Å². The van der Waals surface area contributed by atoms with Gasteiger partial charge in [-0.3, -0.25) is 0 Å². The molecule has 0 atom stereocenters. The zero-order valence-electron chi connectivity index (χ0n) is 16.4. The smallest absolute Gasteiger partial charge is 0.143 e. The molecule has 3 aromatic carbocycles. The SMILES string of the molecule is CC(C)(C#N)N1C(=C(c2ccccc2)c2ccccc2)COc2ccc(Cl)cc21. The molecule has 0 fully saturated rings. The largest absolute Gasteiger partial charge is 0.485 e. The molecule has 3 nitrogen and oxygen atoms in total. The molecule has 0 N–H and O–H groups in total. The van der Waals surface area contributed by atoms with E-state index in [0.29, 0.717) is 11.6 Å². The molecule has 0 radical (unpaired) electrons. The van der Waals surface area contributed by atoms with Crippen molar-refractivity contribution < 1.29 is 4.74 Å². The predicted octanol–water partition coefficient (Wildman–Crippen LogP) is 6.30. The molecule has 1 aliphatic rings. The van der Waals surface area contributed by atoms with E-state index in [0.717, 1.165) is 33.8 Å². The van der Waals surface area contributed by atoms with Crippen molar-refractivity contribution in [2.45, 2.75) is 19.4 Å². The molecule has 0 unspecified atom stereocenters. The molecule has 0 saturated carbocycles. The highest BCUT2D eigenvalue weighted by atomic mass is 35.5. The van der Waals surface area contributed by atoms with Gasteiger partial charge in [0.25, 0.3) is 0 Å². The molecule has 1 heterocycles. The number of ether oxygens (including phenoxy) is 1. The highest BCUT2D eigenvalue weighted by Gasteiger charge is 2.37. The van der Waals surface area contributed by atoms with Crippen LogP contribution in [0, 0.1) is 11.3 Å². The standard InChI is InChI=1S/C25H21ClN2O/c1-25(2,17-27)28-21-15-20(26)13-14-23(21)29-16-22(28)24(18-9-5-3-6-10-18)19-11-7-4-8-12-19/h3-15H,16H2,1-2H3. The molecule has 4 heteroatoms. The highest BCUT2D eigenvalue weighted by Crippen LogP contribution is 2.44. The number of fused-ring (bicyclic) bond motifs is 1. The maximum absolute atomic E-state index is 9.99. The summed E-state index contributed by atoms with van der Waals surface area (Å²) in [6.07, 6.45) is 0. The number of nitriles is 1. The lowest BCUT2D eigenvalue weighted by atomic mass is 9.92. The zero-order chi connectivity index (χ0) is 20.4. The van der Waals surface area contributed by atoms with Crippen molar-refractivity contribution in [2.24, 2.45) is 0 Å². The van der Waals surface area contributed by atoms with Gasteiger partial charge in [-0.25, -0.2) is 0 Å². The molecule has 4 rings (SSSR count). The van der Waals surface area contributed by atoms with Crippen molar-refractivity contribution in [3.8, 4) is 11.8 Å². The molecule has 3 aromatic rings. The van der Waals surface area contributed by atoms with Crippen LogP contribution in [-0.4, -0.2) is 12.1 Å². The van der Waals surface area contributed by atoms with Gasteiger partial charge in [0.2, 0.25) is 0 Å². The molecule has 29 heavy (non-hydrogen) atoms. The minimum atomic E-state index is -0.798. The summed E-state index contributed by atoms with van der Waals surface area (Å²) in [6.45, 7) is 4.19. The first-order chi connectivity index (χ1) is 14.0. The summed E-state index contributed by atoms with van der Waals surface area (Å²) >= 11 is 6.32. The molecule has 1 aliphatic heterocycles. The Labute approximate surface area is 176 Å². The monoisotopic (exact) mass is 400 g/mol. The van der Waals surface area contributed by atoms with Crippen molar-refractivity contribution in [2.75, 3.05) is 11.5 Å². The van der Waals surface area contributed by atoms with Gasteiger partial charge in [0.1, 0.15) is 17.9 Å². The predicted molar refractivity (Wildman–Crippen MR) is 118 cm³/mol. The Morgan fingerprint density at radius 3 is 2.10 bits per heavy atom. The molecule has 0 bridgehead atoms. The molecule has 0 aliphatic carbocycles. The Hall–Kier alpha value is -3.22. The molecule has 0 saturated heterocycles. The van der Waals surface area contributed by atoms with Crippen molar-refractivity contribution in [1.82, 2.24) is 0 Å². The summed E-state index contributed by atoms with van der Waals surface area (Å²) in [5.41, 5.74) is 4.12. The number of anilines is 1. The first-order valence-corrected chi connectivity index (χ1v) is 9.87. The Kier molecular flexibility index (Phi) is 5.05. The van der Waals surface area contributed by atoms with E-state index in [4.69, 9.17) is 16.3 Å². The normalized spacial score (nSPS) is 13.3.